The number of carbonyl (C=O) groups is 2. The number of hydrogen-bond acceptors (Lipinski definition) is 6. The van der Waals surface area contributed by atoms with Crippen LogP contribution in [0.4, 0.5) is 0 Å². The fourth-order valence-corrected chi connectivity index (χ4v) is 2.78. The molecule has 7 heteroatoms. The van der Waals surface area contributed by atoms with Crippen LogP contribution in [0.3, 0.4) is 0 Å². The van der Waals surface area contributed by atoms with Crippen LogP contribution in [-0.4, -0.2) is 39.2 Å². The highest BCUT2D eigenvalue weighted by Crippen LogP contribution is 2.29. The molecule has 0 saturated carbocycles. The van der Waals surface area contributed by atoms with Crippen LogP contribution in [0.5, 0.6) is 17.2 Å². The van der Waals surface area contributed by atoms with Crippen molar-refractivity contribution in [2.45, 2.75) is 0 Å². The number of fused-ring (bicyclic) bond motifs is 1. The number of carbonyl (C=O) groups excluding carboxylic acids is 2. The van der Waals surface area contributed by atoms with Gasteiger partial charge in [0.25, 0.3) is 0 Å². The third-order valence-corrected chi connectivity index (χ3v) is 4.22. The summed E-state index contributed by atoms with van der Waals surface area (Å²) in [5, 5.41) is 0.531. The molecule has 6 nitrogen and oxygen atoms in total. The fourth-order valence-electron chi connectivity index (χ4n) is 2.60. The second-order valence-electron chi connectivity index (χ2n) is 5.71. The first-order valence-corrected chi connectivity index (χ1v) is 8.45. The van der Waals surface area contributed by atoms with Crippen LogP contribution in [0.25, 0.3) is 6.08 Å². The molecule has 0 atom stereocenters. The minimum atomic E-state index is -0.629. The third-order valence-electron chi connectivity index (χ3n) is 3.99. The number of halogens is 1. The maximum atomic E-state index is 12.4. The summed E-state index contributed by atoms with van der Waals surface area (Å²) >= 11 is 5.96. The van der Waals surface area contributed by atoms with Gasteiger partial charge in [0.2, 0.25) is 5.78 Å². The number of ketones is 1. The molecule has 27 heavy (non-hydrogen) atoms. The van der Waals surface area contributed by atoms with E-state index in [0.29, 0.717) is 33.4 Å². The monoisotopic (exact) mass is 388 g/mol. The van der Waals surface area contributed by atoms with Crippen molar-refractivity contribution >= 4 is 29.4 Å². The Morgan fingerprint density at radius 3 is 2.67 bits per heavy atom. The van der Waals surface area contributed by atoms with E-state index in [2.05, 4.69) is 0 Å². The molecule has 0 fully saturated rings. The zero-order valence-electron chi connectivity index (χ0n) is 14.8. The van der Waals surface area contributed by atoms with Gasteiger partial charge in [-0.1, -0.05) is 11.6 Å². The molecule has 0 saturated heterocycles. The van der Waals surface area contributed by atoms with Gasteiger partial charge < -0.3 is 18.9 Å². The Hall–Kier alpha value is -2.99. The molecule has 0 aromatic heterocycles. The zero-order chi connectivity index (χ0) is 19.4. The number of esters is 1. The van der Waals surface area contributed by atoms with Crippen LogP contribution in [-0.2, 0) is 9.53 Å². The van der Waals surface area contributed by atoms with E-state index >= 15 is 0 Å². The molecule has 1 aliphatic rings. The van der Waals surface area contributed by atoms with Gasteiger partial charge in [0.15, 0.2) is 6.61 Å². The van der Waals surface area contributed by atoms with Crippen molar-refractivity contribution < 1.29 is 28.5 Å². The van der Waals surface area contributed by atoms with E-state index in [1.807, 2.05) is 0 Å². The Balaban J connectivity index is 1.70. The quantitative estimate of drug-likeness (QED) is 0.556. The average Bonchev–Trinajstić information content (AvgIpc) is 2.70. The van der Waals surface area contributed by atoms with Gasteiger partial charge in [-0.2, -0.15) is 0 Å². The van der Waals surface area contributed by atoms with E-state index in [9.17, 15) is 9.59 Å². The van der Waals surface area contributed by atoms with Gasteiger partial charge in [-0.3, -0.25) is 4.79 Å². The number of hydrogen-bond donors (Lipinski definition) is 0. The molecule has 1 aliphatic heterocycles. The summed E-state index contributed by atoms with van der Waals surface area (Å²) in [6.07, 6.45) is 1.64. The first-order chi connectivity index (χ1) is 13.0. The molecular formula is C20H17ClO6. The van der Waals surface area contributed by atoms with Crippen LogP contribution >= 0.6 is 11.6 Å². The minimum absolute atomic E-state index is 0.0597. The highest BCUT2D eigenvalue weighted by atomic mass is 35.5. The predicted octanol–water partition coefficient (Wildman–Crippen LogP) is 3.56. The van der Waals surface area contributed by atoms with Gasteiger partial charge in [-0.25, -0.2) is 4.79 Å². The smallest absolute Gasteiger partial charge is 0.337 e. The van der Waals surface area contributed by atoms with E-state index in [4.69, 9.17) is 30.5 Å². The fraction of sp³-hybridized carbons (Fsp3) is 0.200. The molecule has 0 amide bonds. The van der Waals surface area contributed by atoms with Crippen LogP contribution in [0.15, 0.2) is 42.0 Å². The molecule has 0 aliphatic carbocycles. The van der Waals surface area contributed by atoms with E-state index in [-0.39, 0.29) is 12.2 Å². The van der Waals surface area contributed by atoms with Gasteiger partial charge in [0, 0.05) is 10.6 Å². The largest absolute Gasteiger partial charge is 0.497 e. The van der Waals surface area contributed by atoms with Crippen molar-refractivity contribution in [3.05, 3.63) is 58.1 Å². The predicted molar refractivity (Wildman–Crippen MR) is 99.8 cm³/mol. The van der Waals surface area contributed by atoms with Gasteiger partial charge >= 0.3 is 5.97 Å². The first-order valence-electron chi connectivity index (χ1n) is 8.07. The van der Waals surface area contributed by atoms with E-state index in [0.717, 1.165) is 0 Å². The Bertz CT molecular complexity index is 919. The summed E-state index contributed by atoms with van der Waals surface area (Å²) in [7, 11) is 2.95. The van der Waals surface area contributed by atoms with Crippen LogP contribution in [0, 0.1) is 0 Å². The lowest BCUT2D eigenvalue weighted by Gasteiger charge is -2.17. The molecular weight excluding hydrogens is 372 g/mol. The molecule has 140 valence electrons. The number of benzene rings is 2. The van der Waals surface area contributed by atoms with Crippen LogP contribution in [0.1, 0.15) is 15.9 Å². The molecule has 0 radical (unpaired) electrons. The van der Waals surface area contributed by atoms with Gasteiger partial charge in [-0.15, -0.1) is 0 Å². The summed E-state index contributed by atoms with van der Waals surface area (Å²) in [6, 6.07) is 9.96. The van der Waals surface area contributed by atoms with Gasteiger partial charge in [0.05, 0.1) is 25.4 Å². The Labute approximate surface area is 161 Å². The Morgan fingerprint density at radius 1 is 1.11 bits per heavy atom. The normalized spacial score (nSPS) is 12.3. The maximum Gasteiger partial charge on any atom is 0.337 e. The molecule has 0 N–H and O–H groups in total. The Kier molecular flexibility index (Phi) is 5.66. The number of Topliss-reactive ketones (excluding diaryl/α,β-unsaturated/α-hetero) is 1. The van der Waals surface area contributed by atoms with Crippen molar-refractivity contribution in [3.63, 3.8) is 0 Å². The van der Waals surface area contributed by atoms with Crippen LogP contribution < -0.4 is 14.2 Å². The highest BCUT2D eigenvalue weighted by Gasteiger charge is 2.21. The van der Waals surface area contributed by atoms with Crippen molar-refractivity contribution in [3.8, 4) is 17.2 Å². The van der Waals surface area contributed by atoms with E-state index in [1.54, 1.807) is 36.4 Å². The van der Waals surface area contributed by atoms with Crippen molar-refractivity contribution in [2.24, 2.45) is 0 Å². The van der Waals surface area contributed by atoms with Crippen molar-refractivity contribution in [2.75, 3.05) is 27.4 Å². The maximum absolute atomic E-state index is 12.4. The lowest BCUT2D eigenvalue weighted by atomic mass is 10.1. The van der Waals surface area contributed by atoms with Crippen molar-refractivity contribution in [1.29, 1.82) is 0 Å². The summed E-state index contributed by atoms with van der Waals surface area (Å²) in [4.78, 5) is 24.7. The molecule has 2 aromatic rings. The first kappa shape index (κ1) is 18.8. The Morgan fingerprint density at radius 2 is 1.93 bits per heavy atom. The second-order valence-corrected chi connectivity index (χ2v) is 6.14. The number of rotatable bonds is 6. The summed E-state index contributed by atoms with van der Waals surface area (Å²) < 4.78 is 21.0. The molecule has 2 aromatic carbocycles. The number of ether oxygens (including phenoxy) is 4. The van der Waals surface area contributed by atoms with E-state index in [1.165, 1.54) is 20.3 Å². The zero-order valence-corrected chi connectivity index (χ0v) is 15.5. The topological polar surface area (TPSA) is 71.1 Å². The SMILES string of the molecule is COc1ccc(OC)c(C(=O)COC(=O)C2=Cc3cc(Cl)ccc3OC2)c1. The summed E-state index contributed by atoms with van der Waals surface area (Å²) in [6.45, 7) is -0.369. The lowest BCUT2D eigenvalue weighted by molar-refractivity contribution is -0.138. The molecule has 3 rings (SSSR count). The molecule has 0 bridgehead atoms. The summed E-state index contributed by atoms with van der Waals surface area (Å²) in [5.74, 6) is 0.479. The van der Waals surface area contributed by atoms with Gasteiger partial charge in [0.1, 0.15) is 23.9 Å². The molecule has 0 unspecified atom stereocenters. The minimum Gasteiger partial charge on any atom is -0.497 e. The molecule has 1 heterocycles. The van der Waals surface area contributed by atoms with Crippen molar-refractivity contribution in [1.82, 2.24) is 0 Å². The second kappa shape index (κ2) is 8.14. The number of methoxy groups -OCH3 is 2. The van der Waals surface area contributed by atoms with Gasteiger partial charge in [-0.05, 0) is 42.5 Å². The lowest BCUT2D eigenvalue weighted by Crippen LogP contribution is -2.20. The van der Waals surface area contributed by atoms with Crippen LogP contribution in [0.2, 0.25) is 5.02 Å². The molecule has 0 spiro atoms. The third kappa shape index (κ3) is 4.23. The van der Waals surface area contributed by atoms with E-state index < -0.39 is 18.4 Å². The standard InChI is InChI=1S/C20H17ClO6/c1-24-15-4-6-19(25-2)16(9-15)17(22)11-27-20(23)13-7-12-8-14(21)3-5-18(12)26-10-13/h3-9H,10-11H2,1-2H3. The summed E-state index contributed by atoms with van der Waals surface area (Å²) in [5.41, 5.74) is 1.26. The highest BCUT2D eigenvalue weighted by molar-refractivity contribution is 6.30. The average molecular weight is 389 g/mol.